The molecule has 0 saturated carbocycles. The number of carbonyl (C=O) groups excluding carboxylic acids is 1. The van der Waals surface area contributed by atoms with Crippen molar-refractivity contribution >= 4 is 44.9 Å². The lowest BCUT2D eigenvalue weighted by molar-refractivity contribution is -0.139. The molecule has 3 aromatic rings. The molecule has 0 unspecified atom stereocenters. The van der Waals surface area contributed by atoms with Crippen molar-refractivity contribution in [2.45, 2.75) is 42.9 Å². The van der Waals surface area contributed by atoms with Gasteiger partial charge in [0.25, 0.3) is 0 Å². The number of rotatable bonds is 6. The summed E-state index contributed by atoms with van der Waals surface area (Å²) in [4.78, 5) is 23.2. The van der Waals surface area contributed by atoms with Crippen LogP contribution in [-0.2, 0) is 32.2 Å². The van der Waals surface area contributed by atoms with Crippen LogP contribution in [0.25, 0.3) is 0 Å². The molecule has 11 heteroatoms. The van der Waals surface area contributed by atoms with E-state index in [2.05, 4.69) is 20.2 Å². The summed E-state index contributed by atoms with van der Waals surface area (Å²) in [7, 11) is -2.19. The monoisotopic (exact) mass is 558 g/mol. The maximum atomic E-state index is 13.6. The Morgan fingerprint density at radius 3 is 2.58 bits per heavy atom. The molecule has 38 heavy (non-hydrogen) atoms. The molecule has 1 aromatic heterocycles. The standard InChI is InChI=1S/C27H28ClFN4O4S/c1-37-24(34)15-17-4-7-20(8-5-17)30-26-25-23(3-2-14-38(25,35)36)31-27(32-26)33-12-10-18(11-13-33)19-6-9-22(29)21(28)16-19/h4-9,16,18H,2-3,10-15H2,1H3,(H,30,31,32). The van der Waals surface area contributed by atoms with Crippen LogP contribution in [0.2, 0.25) is 5.02 Å². The largest absolute Gasteiger partial charge is 0.469 e. The van der Waals surface area contributed by atoms with E-state index in [1.165, 1.54) is 13.2 Å². The van der Waals surface area contributed by atoms with Crippen molar-refractivity contribution in [3.05, 3.63) is 70.1 Å². The summed E-state index contributed by atoms with van der Waals surface area (Å²) in [5.41, 5.74) is 2.97. The van der Waals surface area contributed by atoms with Crippen molar-refractivity contribution in [1.82, 2.24) is 9.97 Å². The second-order valence-corrected chi connectivity index (χ2v) is 12.0. The van der Waals surface area contributed by atoms with Gasteiger partial charge in [-0.15, -0.1) is 0 Å². The molecule has 0 amide bonds. The summed E-state index contributed by atoms with van der Waals surface area (Å²) < 4.78 is 44.3. The molecule has 5 rings (SSSR count). The fourth-order valence-electron chi connectivity index (χ4n) is 5.00. The number of piperidine rings is 1. The Labute approximate surface area is 226 Å². The Hall–Kier alpha value is -3.24. The number of anilines is 3. The van der Waals surface area contributed by atoms with Crippen LogP contribution >= 0.6 is 11.6 Å². The molecular formula is C27H28ClFN4O4S. The average Bonchev–Trinajstić information content (AvgIpc) is 2.91. The first kappa shape index (κ1) is 26.4. The molecule has 8 nitrogen and oxygen atoms in total. The summed E-state index contributed by atoms with van der Waals surface area (Å²) in [5.74, 6) is 0.282. The number of sulfone groups is 1. The van der Waals surface area contributed by atoms with Crippen LogP contribution in [0.4, 0.5) is 21.8 Å². The van der Waals surface area contributed by atoms with Gasteiger partial charge in [0.2, 0.25) is 5.95 Å². The first-order chi connectivity index (χ1) is 18.2. The van der Waals surface area contributed by atoms with Gasteiger partial charge in [-0.3, -0.25) is 4.79 Å². The molecule has 0 atom stereocenters. The molecule has 1 saturated heterocycles. The van der Waals surface area contributed by atoms with Crippen LogP contribution in [0, 0.1) is 5.82 Å². The van der Waals surface area contributed by atoms with Gasteiger partial charge in [-0.2, -0.15) is 4.98 Å². The fourth-order valence-corrected chi connectivity index (χ4v) is 6.81. The number of nitrogens with one attached hydrogen (secondary N) is 1. The zero-order chi connectivity index (χ0) is 26.9. The van der Waals surface area contributed by atoms with Gasteiger partial charge in [-0.1, -0.05) is 29.8 Å². The second kappa shape index (κ2) is 10.9. The second-order valence-electron chi connectivity index (χ2n) is 9.58. The van der Waals surface area contributed by atoms with E-state index >= 15 is 0 Å². The summed E-state index contributed by atoms with van der Waals surface area (Å²) >= 11 is 5.99. The lowest BCUT2D eigenvalue weighted by Crippen LogP contribution is -2.35. The lowest BCUT2D eigenvalue weighted by Gasteiger charge is -2.33. The highest BCUT2D eigenvalue weighted by molar-refractivity contribution is 7.91. The van der Waals surface area contributed by atoms with Crippen LogP contribution in [-0.4, -0.2) is 50.3 Å². The van der Waals surface area contributed by atoms with E-state index in [4.69, 9.17) is 16.3 Å². The van der Waals surface area contributed by atoms with Gasteiger partial charge >= 0.3 is 5.97 Å². The molecule has 0 radical (unpaired) electrons. The number of aryl methyl sites for hydroxylation is 1. The number of carbonyl (C=O) groups is 1. The fraction of sp³-hybridized carbons (Fsp3) is 0.370. The Balaban J connectivity index is 1.39. The Bertz CT molecular complexity index is 1460. The van der Waals surface area contributed by atoms with Gasteiger partial charge in [0.05, 0.1) is 30.0 Å². The zero-order valence-corrected chi connectivity index (χ0v) is 22.5. The van der Waals surface area contributed by atoms with Crippen molar-refractivity contribution in [2.24, 2.45) is 0 Å². The average molecular weight is 559 g/mol. The predicted octanol–water partition coefficient (Wildman–Crippen LogP) is 4.83. The summed E-state index contributed by atoms with van der Waals surface area (Å²) in [6, 6.07) is 12.0. The Morgan fingerprint density at radius 2 is 1.89 bits per heavy atom. The number of esters is 1. The third-order valence-electron chi connectivity index (χ3n) is 7.05. The highest BCUT2D eigenvalue weighted by atomic mass is 35.5. The van der Waals surface area contributed by atoms with Crippen molar-refractivity contribution in [1.29, 1.82) is 0 Å². The highest BCUT2D eigenvalue weighted by Crippen LogP contribution is 2.36. The number of aromatic nitrogens is 2. The first-order valence-corrected chi connectivity index (χ1v) is 14.5. The molecule has 1 N–H and O–H groups in total. The number of nitrogens with zero attached hydrogens (tertiary/aromatic N) is 3. The van der Waals surface area contributed by atoms with Crippen molar-refractivity contribution < 1.29 is 22.3 Å². The number of hydrogen-bond acceptors (Lipinski definition) is 8. The normalized spacial score (nSPS) is 17.1. The van der Waals surface area contributed by atoms with E-state index in [-0.39, 0.29) is 39.8 Å². The number of benzene rings is 2. The van der Waals surface area contributed by atoms with Crippen LogP contribution in [0.5, 0.6) is 0 Å². The van der Waals surface area contributed by atoms with Gasteiger partial charge in [0, 0.05) is 18.8 Å². The van der Waals surface area contributed by atoms with E-state index in [0.29, 0.717) is 43.3 Å². The minimum Gasteiger partial charge on any atom is -0.469 e. The first-order valence-electron chi connectivity index (χ1n) is 12.5. The number of methoxy groups -OCH3 is 1. The van der Waals surface area contributed by atoms with Crippen molar-refractivity contribution in [3.8, 4) is 0 Å². The van der Waals surface area contributed by atoms with E-state index < -0.39 is 15.7 Å². The van der Waals surface area contributed by atoms with Crippen LogP contribution in [0.15, 0.2) is 47.4 Å². The number of ether oxygens (including phenoxy) is 1. The molecule has 3 heterocycles. The number of fused-ring (bicyclic) bond motifs is 1. The maximum Gasteiger partial charge on any atom is 0.309 e. The van der Waals surface area contributed by atoms with E-state index in [0.717, 1.165) is 24.0 Å². The molecule has 2 aliphatic heterocycles. The molecule has 0 aliphatic carbocycles. The maximum absolute atomic E-state index is 13.6. The topological polar surface area (TPSA) is 101 Å². The molecule has 200 valence electrons. The molecule has 2 aliphatic rings. The van der Waals surface area contributed by atoms with Crippen molar-refractivity contribution in [2.75, 3.05) is 36.2 Å². The van der Waals surface area contributed by atoms with E-state index in [1.807, 2.05) is 0 Å². The Morgan fingerprint density at radius 1 is 1.16 bits per heavy atom. The highest BCUT2D eigenvalue weighted by Gasteiger charge is 2.32. The summed E-state index contributed by atoms with van der Waals surface area (Å²) in [6.07, 6.45) is 2.84. The molecule has 2 aromatic carbocycles. The van der Waals surface area contributed by atoms with Crippen LogP contribution < -0.4 is 10.2 Å². The molecule has 1 fully saturated rings. The number of halogens is 2. The number of hydrogen-bond donors (Lipinski definition) is 1. The van der Waals surface area contributed by atoms with Gasteiger partial charge < -0.3 is 15.0 Å². The molecule has 0 spiro atoms. The van der Waals surface area contributed by atoms with E-state index in [9.17, 15) is 17.6 Å². The minimum atomic E-state index is -3.53. The SMILES string of the molecule is COC(=O)Cc1ccc(Nc2nc(N3CCC(c4ccc(F)c(Cl)c4)CC3)nc3c2S(=O)(=O)CCC3)cc1. The quantitative estimate of drug-likeness (QED) is 0.429. The summed E-state index contributed by atoms with van der Waals surface area (Å²) in [6.45, 7) is 1.35. The Kier molecular flexibility index (Phi) is 7.54. The zero-order valence-electron chi connectivity index (χ0n) is 20.9. The minimum absolute atomic E-state index is 0.0566. The van der Waals surface area contributed by atoms with Crippen molar-refractivity contribution in [3.63, 3.8) is 0 Å². The van der Waals surface area contributed by atoms with Crippen LogP contribution in [0.1, 0.15) is 42.0 Å². The third-order valence-corrected chi connectivity index (χ3v) is 9.21. The predicted molar refractivity (Wildman–Crippen MR) is 143 cm³/mol. The van der Waals surface area contributed by atoms with Gasteiger partial charge in [-0.05, 0) is 67.0 Å². The van der Waals surface area contributed by atoms with E-state index in [1.54, 1.807) is 36.4 Å². The molecule has 0 bridgehead atoms. The van der Waals surface area contributed by atoms with Gasteiger partial charge in [-0.25, -0.2) is 17.8 Å². The molecular weight excluding hydrogens is 531 g/mol. The smallest absolute Gasteiger partial charge is 0.309 e. The summed E-state index contributed by atoms with van der Waals surface area (Å²) in [5, 5.41) is 3.31. The van der Waals surface area contributed by atoms with Gasteiger partial charge in [0.1, 0.15) is 10.7 Å². The van der Waals surface area contributed by atoms with Crippen LogP contribution in [0.3, 0.4) is 0 Å². The van der Waals surface area contributed by atoms with Gasteiger partial charge in [0.15, 0.2) is 15.7 Å². The third kappa shape index (κ3) is 5.61. The lowest BCUT2D eigenvalue weighted by atomic mass is 9.89.